The predicted octanol–water partition coefficient (Wildman–Crippen LogP) is 5.57. The van der Waals surface area contributed by atoms with Crippen molar-refractivity contribution in [1.82, 2.24) is 25.8 Å². The molecule has 11 heteroatoms. The van der Waals surface area contributed by atoms with Gasteiger partial charge in [-0.2, -0.15) is 0 Å². The second kappa shape index (κ2) is 20.9. The van der Waals surface area contributed by atoms with Gasteiger partial charge in [0.15, 0.2) is 0 Å². The highest BCUT2D eigenvalue weighted by molar-refractivity contribution is 7.09. The van der Waals surface area contributed by atoms with Gasteiger partial charge in [-0.1, -0.05) is 84.7 Å². The van der Waals surface area contributed by atoms with Gasteiger partial charge in [-0.3, -0.25) is 19.2 Å². The number of carbonyl (C=O) groups is 4. The van der Waals surface area contributed by atoms with Crippen LogP contribution in [0.15, 0.2) is 35.7 Å². The second-order valence-electron chi connectivity index (χ2n) is 13.6. The number of carboxylic acids is 1. The summed E-state index contributed by atoms with van der Waals surface area (Å²) in [5.74, 6) is -2.02. The van der Waals surface area contributed by atoms with Crippen molar-refractivity contribution < 1.29 is 24.3 Å². The van der Waals surface area contributed by atoms with Gasteiger partial charge >= 0.3 is 5.97 Å². The minimum absolute atomic E-state index is 0.0163. The number of hydrogen-bond donors (Lipinski definition) is 4. The molecule has 0 aliphatic rings. The molecule has 0 radical (unpaired) electrons. The van der Waals surface area contributed by atoms with E-state index in [2.05, 4.69) is 34.8 Å². The van der Waals surface area contributed by atoms with Crippen molar-refractivity contribution >= 4 is 35.0 Å². The summed E-state index contributed by atoms with van der Waals surface area (Å²) in [6, 6.07) is 8.65. The van der Waals surface area contributed by atoms with E-state index in [0.29, 0.717) is 31.4 Å². The molecule has 0 bridgehead atoms. The first-order valence-electron chi connectivity index (χ1n) is 17.5. The Hall–Kier alpha value is -3.31. The molecule has 1 aromatic carbocycles. The lowest BCUT2D eigenvalue weighted by Crippen LogP contribution is -2.54. The molecule has 10 nitrogen and oxygen atoms in total. The number of rotatable bonds is 22. The molecule has 0 saturated carbocycles. The Morgan fingerprint density at radius 2 is 1.65 bits per heavy atom. The van der Waals surface area contributed by atoms with Crippen molar-refractivity contribution in [3.05, 3.63) is 52.0 Å². The first-order valence-corrected chi connectivity index (χ1v) is 18.4. The van der Waals surface area contributed by atoms with Crippen LogP contribution < -0.4 is 16.0 Å². The van der Waals surface area contributed by atoms with E-state index in [1.807, 2.05) is 65.2 Å². The molecule has 48 heavy (non-hydrogen) atoms. The maximum Gasteiger partial charge on any atom is 0.306 e. The van der Waals surface area contributed by atoms with E-state index in [1.165, 1.54) is 11.3 Å². The fourth-order valence-electron chi connectivity index (χ4n) is 5.90. The van der Waals surface area contributed by atoms with Crippen LogP contribution in [0.2, 0.25) is 0 Å². The highest BCUT2D eigenvalue weighted by Crippen LogP contribution is 2.22. The van der Waals surface area contributed by atoms with E-state index in [1.54, 1.807) is 17.2 Å². The van der Waals surface area contributed by atoms with Crippen molar-refractivity contribution in [1.29, 1.82) is 0 Å². The van der Waals surface area contributed by atoms with Crippen LogP contribution in [0.25, 0.3) is 0 Å². The van der Waals surface area contributed by atoms with Crippen molar-refractivity contribution in [3.8, 4) is 0 Å². The van der Waals surface area contributed by atoms with Crippen LogP contribution in [0.3, 0.4) is 0 Å². The maximum atomic E-state index is 13.9. The molecule has 2 rings (SSSR count). The van der Waals surface area contributed by atoms with Gasteiger partial charge in [0, 0.05) is 36.9 Å². The number of nitrogens with one attached hydrogen (secondary N) is 3. The zero-order valence-corrected chi connectivity index (χ0v) is 31.1. The molecule has 1 unspecified atom stereocenters. The van der Waals surface area contributed by atoms with Crippen LogP contribution in [-0.4, -0.2) is 77.4 Å². The Morgan fingerprint density at radius 3 is 2.25 bits per heavy atom. The minimum atomic E-state index is -0.899. The minimum Gasteiger partial charge on any atom is -0.481 e. The third-order valence-electron chi connectivity index (χ3n) is 9.31. The number of unbranched alkanes of at least 4 members (excludes halogenated alkanes) is 1. The summed E-state index contributed by atoms with van der Waals surface area (Å²) in [4.78, 5) is 58.2. The summed E-state index contributed by atoms with van der Waals surface area (Å²) < 4.78 is 0. The topological polar surface area (TPSA) is 141 Å². The van der Waals surface area contributed by atoms with Gasteiger partial charge in [0.2, 0.25) is 11.8 Å². The number of nitrogens with zero attached hydrogens (tertiary/aromatic N) is 2. The van der Waals surface area contributed by atoms with Crippen LogP contribution in [0, 0.1) is 23.7 Å². The Labute approximate surface area is 291 Å². The molecule has 2 aromatic rings. The molecule has 0 aliphatic heterocycles. The molecule has 4 N–H and O–H groups in total. The standard InChI is InChI=1S/C37H59N5O5S/c1-9-25(4)33(41-34(43)26(5)15-13-14-20-38-7)36(45)42(8)31(24(2)3)18-19-32-40-30(23-48-32)35(44)39-29(21-27(6)37(46)47)22-28-16-11-10-12-17-28/h10-12,16-17,23-27,29,31,33,38H,9,13-15,18-22H2,1-8H3,(H,39,44)(H,41,43)(H,46,47)/t25?,26-,27+,29-,31-,33+/m1/s1. The van der Waals surface area contributed by atoms with E-state index in [4.69, 9.17) is 0 Å². The smallest absolute Gasteiger partial charge is 0.306 e. The number of carbonyl (C=O) groups excluding carboxylic acids is 3. The van der Waals surface area contributed by atoms with E-state index in [-0.39, 0.29) is 47.6 Å². The molecule has 3 amide bonds. The van der Waals surface area contributed by atoms with Crippen molar-refractivity contribution in [2.24, 2.45) is 23.7 Å². The first kappa shape index (κ1) is 40.9. The summed E-state index contributed by atoms with van der Waals surface area (Å²) in [6.45, 7) is 12.7. The SMILES string of the molecule is CCC(C)[C@H](NC(=O)[C@H](C)CCCCNC)C(=O)N(C)[C@H](CCc1nc(C(=O)N[C@@H](Cc2ccccc2)C[C@H](C)C(=O)O)cs1)C(C)C. The highest BCUT2D eigenvalue weighted by atomic mass is 32.1. The Balaban J connectivity index is 2.08. The third kappa shape index (κ3) is 13.3. The average Bonchev–Trinajstić information content (AvgIpc) is 3.54. The normalized spacial score (nSPS) is 15.2. The number of amides is 3. The Bertz CT molecular complexity index is 1290. The number of hydrogen-bond acceptors (Lipinski definition) is 7. The summed E-state index contributed by atoms with van der Waals surface area (Å²) >= 11 is 1.41. The van der Waals surface area contributed by atoms with Crippen molar-refractivity contribution in [3.63, 3.8) is 0 Å². The Morgan fingerprint density at radius 1 is 0.958 bits per heavy atom. The van der Waals surface area contributed by atoms with E-state index in [9.17, 15) is 24.3 Å². The van der Waals surface area contributed by atoms with Crippen LogP contribution in [-0.2, 0) is 27.2 Å². The van der Waals surface area contributed by atoms with Crippen LogP contribution in [0.1, 0.15) is 101 Å². The largest absolute Gasteiger partial charge is 0.481 e. The van der Waals surface area contributed by atoms with E-state index in [0.717, 1.165) is 42.8 Å². The molecule has 268 valence electrons. The highest BCUT2D eigenvalue weighted by Gasteiger charge is 2.33. The first-order chi connectivity index (χ1) is 22.8. The van der Waals surface area contributed by atoms with Gasteiger partial charge in [0.05, 0.1) is 10.9 Å². The monoisotopic (exact) mass is 685 g/mol. The molecule has 1 heterocycles. The number of benzene rings is 1. The number of carboxylic acid groups (broad SMARTS) is 1. The van der Waals surface area contributed by atoms with Gasteiger partial charge in [0.1, 0.15) is 11.7 Å². The molecule has 1 aromatic heterocycles. The average molecular weight is 686 g/mol. The number of aromatic nitrogens is 1. The molecular formula is C37H59N5O5S. The van der Waals surface area contributed by atoms with Crippen LogP contribution >= 0.6 is 11.3 Å². The lowest BCUT2D eigenvalue weighted by Gasteiger charge is -2.36. The molecule has 0 aliphatic carbocycles. The molecule has 0 spiro atoms. The Kier molecular flexibility index (Phi) is 17.8. The van der Waals surface area contributed by atoms with Gasteiger partial charge in [-0.15, -0.1) is 11.3 Å². The number of aryl methyl sites for hydroxylation is 1. The van der Waals surface area contributed by atoms with Crippen LogP contribution in [0.5, 0.6) is 0 Å². The lowest BCUT2D eigenvalue weighted by atomic mass is 9.93. The van der Waals surface area contributed by atoms with E-state index < -0.39 is 17.9 Å². The molecule has 6 atom stereocenters. The van der Waals surface area contributed by atoms with Gasteiger partial charge < -0.3 is 26.0 Å². The zero-order chi connectivity index (χ0) is 35.8. The van der Waals surface area contributed by atoms with E-state index >= 15 is 0 Å². The van der Waals surface area contributed by atoms with Gasteiger partial charge in [-0.25, -0.2) is 4.98 Å². The fraction of sp³-hybridized carbons (Fsp3) is 0.649. The van der Waals surface area contributed by atoms with Crippen molar-refractivity contribution in [2.45, 2.75) is 111 Å². The summed E-state index contributed by atoms with van der Waals surface area (Å²) in [5.41, 5.74) is 1.32. The third-order valence-corrected chi connectivity index (χ3v) is 10.2. The number of thiazole rings is 1. The summed E-state index contributed by atoms with van der Waals surface area (Å²) in [7, 11) is 3.74. The maximum absolute atomic E-state index is 13.9. The predicted molar refractivity (Wildman–Crippen MR) is 193 cm³/mol. The lowest BCUT2D eigenvalue weighted by molar-refractivity contribution is -0.141. The van der Waals surface area contributed by atoms with Gasteiger partial charge in [0.25, 0.3) is 5.91 Å². The quantitative estimate of drug-likeness (QED) is 0.119. The number of likely N-dealkylation sites (N-methyl/N-ethyl adjacent to an activating group) is 1. The molecule has 0 saturated heterocycles. The summed E-state index contributed by atoms with van der Waals surface area (Å²) in [5, 5.41) is 21.2. The molecule has 0 fully saturated rings. The summed E-state index contributed by atoms with van der Waals surface area (Å²) in [6.07, 6.45) is 5.57. The second-order valence-corrected chi connectivity index (χ2v) is 14.6. The zero-order valence-electron chi connectivity index (χ0n) is 30.3. The van der Waals surface area contributed by atoms with Gasteiger partial charge in [-0.05, 0) is 63.1 Å². The van der Waals surface area contributed by atoms with Crippen LogP contribution in [0.4, 0.5) is 0 Å². The fourth-order valence-corrected chi connectivity index (χ4v) is 6.69. The molecular weight excluding hydrogens is 627 g/mol. The number of aliphatic carboxylic acids is 1. The van der Waals surface area contributed by atoms with Crippen molar-refractivity contribution in [2.75, 3.05) is 20.6 Å².